The number of aldehydes is 2. The molecule has 15 heavy (non-hydrogen) atoms. The monoisotopic (exact) mass is 217 g/mol. The lowest BCUT2D eigenvalue weighted by atomic mass is 10.0. The van der Waals surface area contributed by atoms with Crippen LogP contribution in [0.3, 0.4) is 0 Å². The fourth-order valence-electron chi connectivity index (χ4n) is 1.41. The first kappa shape index (κ1) is 16.7. The molecule has 1 aliphatic heterocycles. The molecule has 90 valence electrons. The van der Waals surface area contributed by atoms with E-state index in [2.05, 4.69) is 18.9 Å². The van der Waals surface area contributed by atoms with E-state index in [-0.39, 0.29) is 12.6 Å². The summed E-state index contributed by atoms with van der Waals surface area (Å²) in [6.45, 7) is 4.98. The molecule has 0 aromatic heterocycles. The van der Waals surface area contributed by atoms with Crippen LogP contribution in [0.5, 0.6) is 0 Å². The Morgan fingerprint density at radius 3 is 2.13 bits per heavy atom. The lowest BCUT2D eigenvalue weighted by molar-refractivity contribution is -0.122. The Bertz CT molecular complexity index is 135. The fourth-order valence-corrected chi connectivity index (χ4v) is 1.41. The molecule has 0 aromatic rings. The molecule has 1 fully saturated rings. The molecule has 1 aliphatic rings. The van der Waals surface area contributed by atoms with Crippen molar-refractivity contribution in [3.05, 3.63) is 0 Å². The van der Waals surface area contributed by atoms with Crippen molar-refractivity contribution in [2.24, 2.45) is 5.92 Å². The zero-order valence-corrected chi connectivity index (χ0v) is 9.98. The van der Waals surface area contributed by atoms with E-state index in [9.17, 15) is 0 Å². The smallest absolute Gasteiger partial charge is 0.182 e. The van der Waals surface area contributed by atoms with Crippen LogP contribution >= 0.6 is 0 Å². The molecule has 0 saturated carbocycles. The van der Waals surface area contributed by atoms with Gasteiger partial charge >= 0.3 is 0 Å². The van der Waals surface area contributed by atoms with Crippen molar-refractivity contribution < 1.29 is 14.7 Å². The second kappa shape index (κ2) is 13.3. The highest BCUT2D eigenvalue weighted by Crippen LogP contribution is 2.14. The zero-order valence-electron chi connectivity index (χ0n) is 9.98. The maximum atomic E-state index is 8.81. The summed E-state index contributed by atoms with van der Waals surface area (Å²) >= 11 is 0. The van der Waals surface area contributed by atoms with Crippen LogP contribution in [-0.2, 0) is 9.59 Å². The van der Waals surface area contributed by atoms with Crippen molar-refractivity contribution in [3.8, 4) is 0 Å². The van der Waals surface area contributed by atoms with Gasteiger partial charge in [0.05, 0.1) is 0 Å². The van der Waals surface area contributed by atoms with Crippen LogP contribution in [0.2, 0.25) is 0 Å². The topological polar surface area (TPSA) is 57.6 Å². The molecule has 0 aromatic carbocycles. The van der Waals surface area contributed by atoms with Gasteiger partial charge in [-0.15, -0.1) is 0 Å². The Kier molecular flexibility index (Phi) is 14.7. The quantitative estimate of drug-likeness (QED) is 0.519. The van der Waals surface area contributed by atoms with E-state index in [1.165, 1.54) is 32.4 Å². The summed E-state index contributed by atoms with van der Waals surface area (Å²) in [5, 5.41) is 7.00. The summed E-state index contributed by atoms with van der Waals surface area (Å²) < 4.78 is 0. The molecular formula is C11H23NO3. The minimum atomic E-state index is 0.194. The van der Waals surface area contributed by atoms with E-state index in [4.69, 9.17) is 14.7 Å². The van der Waals surface area contributed by atoms with Crippen molar-refractivity contribution in [1.29, 1.82) is 0 Å². The van der Waals surface area contributed by atoms with Crippen LogP contribution in [0.4, 0.5) is 0 Å². The van der Waals surface area contributed by atoms with Crippen molar-refractivity contribution >= 4 is 12.6 Å². The van der Waals surface area contributed by atoms with Crippen molar-refractivity contribution in [3.63, 3.8) is 0 Å². The summed E-state index contributed by atoms with van der Waals surface area (Å²) in [6.07, 6.45) is 4.62. The van der Waals surface area contributed by atoms with E-state index in [1.807, 2.05) is 0 Å². The van der Waals surface area contributed by atoms with Crippen LogP contribution in [0.25, 0.3) is 0 Å². The van der Waals surface area contributed by atoms with Gasteiger partial charge in [0.1, 0.15) is 0 Å². The first-order chi connectivity index (χ1) is 7.20. The number of likely N-dealkylation sites (tertiary alicyclic amines) is 1. The van der Waals surface area contributed by atoms with Crippen LogP contribution in [0.15, 0.2) is 0 Å². The van der Waals surface area contributed by atoms with Crippen LogP contribution in [0.1, 0.15) is 26.2 Å². The molecule has 1 N–H and O–H groups in total. The Labute approximate surface area is 92.3 Å². The molecule has 0 amide bonds. The summed E-state index contributed by atoms with van der Waals surface area (Å²) in [5.74, 6) is 0.968. The van der Waals surface area contributed by atoms with E-state index in [0.29, 0.717) is 0 Å². The number of aliphatic hydroxyl groups excluding tert-OH is 1. The highest BCUT2D eigenvalue weighted by atomic mass is 16.2. The lowest BCUT2D eigenvalue weighted by Crippen LogP contribution is -2.18. The minimum Gasteiger partial charge on any atom is -0.400 e. The largest absolute Gasteiger partial charge is 0.400 e. The maximum Gasteiger partial charge on any atom is 0.182 e. The van der Waals surface area contributed by atoms with E-state index in [0.717, 1.165) is 13.0 Å². The Morgan fingerprint density at radius 2 is 1.67 bits per heavy atom. The maximum absolute atomic E-state index is 8.81. The molecule has 0 radical (unpaired) electrons. The Hall–Kier alpha value is -0.740. The average molecular weight is 217 g/mol. The van der Waals surface area contributed by atoms with Crippen LogP contribution < -0.4 is 0 Å². The predicted molar refractivity (Wildman–Crippen MR) is 60.8 cm³/mol. The number of carbonyl (C=O) groups is 2. The molecule has 0 spiro atoms. The second-order valence-electron chi connectivity index (χ2n) is 3.61. The number of rotatable bonds is 1. The van der Waals surface area contributed by atoms with E-state index >= 15 is 0 Å². The van der Waals surface area contributed by atoms with Gasteiger partial charge in [-0.25, -0.2) is 0 Å². The van der Waals surface area contributed by atoms with Crippen LogP contribution in [0, 0.1) is 5.92 Å². The SMILES string of the molecule is CC1CCCN(C)CC1.CO.O=CC=O. The van der Waals surface area contributed by atoms with Gasteiger partial charge in [-0.1, -0.05) is 6.92 Å². The van der Waals surface area contributed by atoms with E-state index in [1.54, 1.807) is 0 Å². The number of aliphatic hydroxyl groups is 1. The van der Waals surface area contributed by atoms with Gasteiger partial charge in [0, 0.05) is 7.11 Å². The normalized spacial score (nSPS) is 20.9. The Balaban J connectivity index is 0. The molecule has 1 atom stereocenters. The van der Waals surface area contributed by atoms with Crippen molar-refractivity contribution in [2.75, 3.05) is 27.2 Å². The van der Waals surface area contributed by atoms with Crippen molar-refractivity contribution in [2.45, 2.75) is 26.2 Å². The number of carbonyl (C=O) groups excluding carboxylic acids is 2. The molecule has 1 saturated heterocycles. The molecule has 4 nitrogen and oxygen atoms in total. The van der Waals surface area contributed by atoms with Crippen LogP contribution in [-0.4, -0.2) is 49.8 Å². The number of nitrogens with zero attached hydrogens (tertiary/aromatic N) is 1. The molecule has 0 aliphatic carbocycles. The zero-order chi connectivity index (χ0) is 12.1. The third kappa shape index (κ3) is 13.3. The average Bonchev–Trinajstić information content (AvgIpc) is 2.47. The first-order valence-corrected chi connectivity index (χ1v) is 5.23. The molecule has 1 heterocycles. The number of hydrogen-bond donors (Lipinski definition) is 1. The summed E-state index contributed by atoms with van der Waals surface area (Å²) in [5.41, 5.74) is 0. The molecule has 0 bridgehead atoms. The highest BCUT2D eigenvalue weighted by molar-refractivity contribution is 6.09. The van der Waals surface area contributed by atoms with Gasteiger partial charge in [0.15, 0.2) is 12.6 Å². The van der Waals surface area contributed by atoms with Gasteiger partial charge < -0.3 is 10.0 Å². The van der Waals surface area contributed by atoms with Crippen molar-refractivity contribution in [1.82, 2.24) is 4.90 Å². The van der Waals surface area contributed by atoms with Gasteiger partial charge in [-0.3, -0.25) is 9.59 Å². The van der Waals surface area contributed by atoms with Gasteiger partial charge in [-0.2, -0.15) is 0 Å². The second-order valence-corrected chi connectivity index (χ2v) is 3.61. The first-order valence-electron chi connectivity index (χ1n) is 5.23. The fraction of sp³-hybridized carbons (Fsp3) is 0.818. The lowest BCUT2D eigenvalue weighted by Gasteiger charge is -2.11. The third-order valence-electron chi connectivity index (χ3n) is 2.30. The Morgan fingerprint density at radius 1 is 1.13 bits per heavy atom. The summed E-state index contributed by atoms with van der Waals surface area (Å²) in [7, 11) is 3.22. The standard InChI is InChI=1S/C8H17N.C2H2O2.CH4O/c1-8-4-3-6-9(2)7-5-8;3-1-2-4;1-2/h8H,3-7H2,1-2H3;1-2H;2H,1H3. The van der Waals surface area contributed by atoms with Gasteiger partial charge in [0.25, 0.3) is 0 Å². The summed E-state index contributed by atoms with van der Waals surface area (Å²) in [4.78, 5) is 20.0. The molecule has 1 unspecified atom stereocenters. The number of hydrogen-bond acceptors (Lipinski definition) is 4. The molecular weight excluding hydrogens is 194 g/mol. The highest BCUT2D eigenvalue weighted by Gasteiger charge is 2.09. The van der Waals surface area contributed by atoms with Gasteiger partial charge in [0.2, 0.25) is 0 Å². The van der Waals surface area contributed by atoms with E-state index < -0.39 is 0 Å². The summed E-state index contributed by atoms with van der Waals surface area (Å²) in [6, 6.07) is 0. The molecule has 4 heteroatoms. The predicted octanol–water partition coefficient (Wildman–Crippen LogP) is 0.731. The minimum absolute atomic E-state index is 0.194. The third-order valence-corrected chi connectivity index (χ3v) is 2.30. The van der Waals surface area contributed by atoms with Gasteiger partial charge in [-0.05, 0) is 45.3 Å². The molecule has 1 rings (SSSR count).